The lowest BCUT2D eigenvalue weighted by Crippen LogP contribution is -2.40. The van der Waals surface area contributed by atoms with Gasteiger partial charge in [0.2, 0.25) is 0 Å². The van der Waals surface area contributed by atoms with Crippen molar-refractivity contribution < 1.29 is 33.6 Å². The Morgan fingerprint density at radius 2 is 1.77 bits per heavy atom. The number of ether oxygens (including phenoxy) is 4. The first-order valence-corrected chi connectivity index (χ1v) is 18.3. The molecule has 0 bridgehead atoms. The molecular formula is C40H35IN2O8S. The summed E-state index contributed by atoms with van der Waals surface area (Å²) in [6.45, 7) is 5.91. The van der Waals surface area contributed by atoms with Gasteiger partial charge in [-0.3, -0.25) is 9.36 Å². The Hall–Kier alpha value is -5.21. The summed E-state index contributed by atoms with van der Waals surface area (Å²) in [4.78, 5) is 45.0. The lowest BCUT2D eigenvalue weighted by atomic mass is 9.93. The van der Waals surface area contributed by atoms with Gasteiger partial charge in [0.05, 0.1) is 50.8 Å². The minimum absolute atomic E-state index is 0.0265. The molecule has 0 spiro atoms. The van der Waals surface area contributed by atoms with Crippen molar-refractivity contribution in [3.05, 3.63) is 148 Å². The number of methoxy groups -OCH3 is 1. The third-order valence-corrected chi connectivity index (χ3v) is 9.83. The van der Waals surface area contributed by atoms with Crippen LogP contribution < -0.4 is 29.1 Å². The Kier molecular flexibility index (Phi) is 11.2. The summed E-state index contributed by atoms with van der Waals surface area (Å²) in [6, 6.07) is 26.1. The highest BCUT2D eigenvalue weighted by Gasteiger charge is 2.35. The van der Waals surface area contributed by atoms with E-state index in [-0.39, 0.29) is 36.0 Å². The van der Waals surface area contributed by atoms with Crippen LogP contribution in [-0.4, -0.2) is 41.4 Å². The number of carbonyl (C=O) groups excluding carboxylic acids is 1. The molecule has 0 saturated carbocycles. The minimum Gasteiger partial charge on any atom is -0.493 e. The SMILES string of the molecule is CCOC(=O)C1=C(c2ccccc2)N=c2s/c(=C/c3cc(I)c(OCc4cccc(C(=O)O)c4)c(OC)c3)c(=O)n2[C@@H]1c1ccc(OC(C)C)cc1. The molecule has 0 aliphatic carbocycles. The van der Waals surface area contributed by atoms with Gasteiger partial charge in [-0.15, -0.1) is 0 Å². The van der Waals surface area contributed by atoms with Gasteiger partial charge in [0.15, 0.2) is 16.3 Å². The van der Waals surface area contributed by atoms with Crippen LogP contribution >= 0.6 is 33.9 Å². The van der Waals surface area contributed by atoms with Gasteiger partial charge in [0.25, 0.3) is 5.56 Å². The molecule has 6 rings (SSSR count). The van der Waals surface area contributed by atoms with Gasteiger partial charge in [0, 0.05) is 5.56 Å². The van der Waals surface area contributed by atoms with Crippen molar-refractivity contribution in [1.82, 2.24) is 4.57 Å². The smallest absolute Gasteiger partial charge is 0.338 e. The van der Waals surface area contributed by atoms with Gasteiger partial charge in [-0.1, -0.05) is 65.9 Å². The Balaban J connectivity index is 1.46. The predicted molar refractivity (Wildman–Crippen MR) is 207 cm³/mol. The molecule has 1 aromatic heterocycles. The van der Waals surface area contributed by atoms with Crippen molar-refractivity contribution >= 4 is 57.6 Å². The van der Waals surface area contributed by atoms with Gasteiger partial charge >= 0.3 is 11.9 Å². The minimum atomic E-state index is -1.02. The molecule has 1 atom stereocenters. The van der Waals surface area contributed by atoms with Crippen LogP contribution in [0, 0.1) is 3.57 Å². The molecule has 4 aromatic carbocycles. The lowest BCUT2D eigenvalue weighted by molar-refractivity contribution is -0.138. The summed E-state index contributed by atoms with van der Waals surface area (Å²) < 4.78 is 25.9. The first-order valence-electron chi connectivity index (χ1n) is 16.5. The molecule has 0 radical (unpaired) electrons. The van der Waals surface area contributed by atoms with Crippen molar-refractivity contribution in [3.63, 3.8) is 0 Å². The lowest BCUT2D eigenvalue weighted by Gasteiger charge is -2.26. The number of hydrogen-bond acceptors (Lipinski definition) is 9. The topological polar surface area (TPSA) is 126 Å². The number of carbonyl (C=O) groups is 2. The second-order valence-electron chi connectivity index (χ2n) is 12.0. The molecule has 0 saturated heterocycles. The first-order chi connectivity index (χ1) is 25.1. The van der Waals surface area contributed by atoms with E-state index >= 15 is 0 Å². The quantitative estimate of drug-likeness (QED) is 0.110. The highest BCUT2D eigenvalue weighted by molar-refractivity contribution is 14.1. The normalized spacial score (nSPS) is 14.1. The Morgan fingerprint density at radius 1 is 1.02 bits per heavy atom. The molecule has 0 amide bonds. The molecule has 52 heavy (non-hydrogen) atoms. The number of fused-ring (bicyclic) bond motifs is 1. The largest absolute Gasteiger partial charge is 0.493 e. The van der Waals surface area contributed by atoms with E-state index in [9.17, 15) is 19.5 Å². The molecule has 0 fully saturated rings. The van der Waals surface area contributed by atoms with E-state index < -0.39 is 18.0 Å². The van der Waals surface area contributed by atoms with Gasteiger partial charge < -0.3 is 24.1 Å². The summed E-state index contributed by atoms with van der Waals surface area (Å²) in [5.74, 6) is 0.0200. The molecular weight excluding hydrogens is 795 g/mol. The molecule has 5 aromatic rings. The molecule has 266 valence electrons. The molecule has 1 aliphatic rings. The average molecular weight is 831 g/mol. The number of benzene rings is 4. The summed E-state index contributed by atoms with van der Waals surface area (Å²) in [7, 11) is 1.53. The summed E-state index contributed by atoms with van der Waals surface area (Å²) in [6.07, 6.45) is 1.74. The van der Waals surface area contributed by atoms with Crippen LogP contribution in [0.3, 0.4) is 0 Å². The third kappa shape index (κ3) is 7.82. The predicted octanol–water partition coefficient (Wildman–Crippen LogP) is 6.61. The highest BCUT2D eigenvalue weighted by atomic mass is 127. The fourth-order valence-corrected chi connectivity index (χ4v) is 7.60. The fraction of sp³-hybridized carbons (Fsp3) is 0.200. The second-order valence-corrected chi connectivity index (χ2v) is 14.2. The van der Waals surface area contributed by atoms with E-state index in [0.29, 0.717) is 49.0 Å². The van der Waals surface area contributed by atoms with E-state index in [4.69, 9.17) is 23.9 Å². The number of carboxylic acids is 1. The van der Waals surface area contributed by atoms with Crippen LogP contribution in [0.25, 0.3) is 11.8 Å². The zero-order chi connectivity index (χ0) is 36.9. The van der Waals surface area contributed by atoms with Crippen molar-refractivity contribution in [2.24, 2.45) is 4.99 Å². The number of rotatable bonds is 12. The summed E-state index contributed by atoms with van der Waals surface area (Å²) >= 11 is 3.37. The molecule has 1 aliphatic heterocycles. The zero-order valence-electron chi connectivity index (χ0n) is 28.8. The molecule has 12 heteroatoms. The molecule has 10 nitrogen and oxygen atoms in total. The van der Waals surface area contributed by atoms with Crippen LogP contribution in [0.2, 0.25) is 0 Å². The van der Waals surface area contributed by atoms with Crippen molar-refractivity contribution in [3.8, 4) is 17.2 Å². The number of halogens is 1. The van der Waals surface area contributed by atoms with Gasteiger partial charge in [-0.05, 0) is 103 Å². The van der Waals surface area contributed by atoms with Crippen LogP contribution in [0.15, 0.2) is 106 Å². The number of esters is 1. The van der Waals surface area contributed by atoms with Gasteiger partial charge in [-0.2, -0.15) is 0 Å². The number of nitrogens with zero attached hydrogens (tertiary/aromatic N) is 2. The molecule has 2 heterocycles. The van der Waals surface area contributed by atoms with Crippen molar-refractivity contribution in [1.29, 1.82) is 0 Å². The number of hydrogen-bond donors (Lipinski definition) is 1. The van der Waals surface area contributed by atoms with E-state index in [1.807, 2.05) is 74.5 Å². The number of thiazole rings is 1. The van der Waals surface area contributed by atoms with Crippen LogP contribution in [-0.2, 0) is 16.1 Å². The fourth-order valence-electron chi connectivity index (χ4n) is 5.82. The Morgan fingerprint density at radius 3 is 2.44 bits per heavy atom. The standard InChI is InChI=1S/C40H35IN2O8S/c1-5-49-39(47)33-34(26-11-7-6-8-12-26)42-40-43(35(33)27-14-16-29(17-15-27)51-23(2)3)37(44)32(52-40)21-25-19-30(41)36(31(20-25)48-4)50-22-24-10-9-13-28(18-24)38(45)46/h6-21,23,35H,5,22H2,1-4H3,(H,45,46)/b32-21+/t35-/m1/s1. The van der Waals surface area contributed by atoms with Crippen molar-refractivity contribution in [2.75, 3.05) is 13.7 Å². The summed E-state index contributed by atoms with van der Waals surface area (Å²) in [5.41, 5.74) is 3.34. The van der Waals surface area contributed by atoms with E-state index in [1.54, 1.807) is 41.8 Å². The molecule has 0 unspecified atom stereocenters. The monoisotopic (exact) mass is 830 g/mol. The Labute approximate surface area is 317 Å². The van der Waals surface area contributed by atoms with Gasteiger partial charge in [-0.25, -0.2) is 14.6 Å². The average Bonchev–Trinajstić information content (AvgIpc) is 3.44. The van der Waals surface area contributed by atoms with Crippen molar-refractivity contribution in [2.45, 2.75) is 39.5 Å². The maximum Gasteiger partial charge on any atom is 0.338 e. The van der Waals surface area contributed by atoms with Crippen LogP contribution in [0.4, 0.5) is 0 Å². The van der Waals surface area contributed by atoms with E-state index in [0.717, 1.165) is 9.13 Å². The Bertz CT molecular complexity index is 2350. The number of aromatic carboxylic acids is 1. The number of aromatic nitrogens is 1. The van der Waals surface area contributed by atoms with Crippen LogP contribution in [0.5, 0.6) is 17.2 Å². The highest BCUT2D eigenvalue weighted by Crippen LogP contribution is 2.37. The third-order valence-electron chi connectivity index (χ3n) is 8.05. The van der Waals surface area contributed by atoms with E-state index in [1.165, 1.54) is 24.5 Å². The molecule has 1 N–H and O–H groups in total. The number of carboxylic acid groups (broad SMARTS) is 1. The van der Waals surface area contributed by atoms with Gasteiger partial charge in [0.1, 0.15) is 12.4 Å². The summed E-state index contributed by atoms with van der Waals surface area (Å²) in [5, 5.41) is 9.36. The maximum atomic E-state index is 14.4. The second kappa shape index (κ2) is 16.0. The van der Waals surface area contributed by atoms with E-state index in [2.05, 4.69) is 22.6 Å². The van der Waals surface area contributed by atoms with Crippen LogP contribution in [0.1, 0.15) is 59.4 Å². The first kappa shape index (κ1) is 36.6. The maximum absolute atomic E-state index is 14.4. The zero-order valence-corrected chi connectivity index (χ0v) is 31.8.